The predicted molar refractivity (Wildman–Crippen MR) is 120 cm³/mol. The van der Waals surface area contributed by atoms with Crippen molar-refractivity contribution in [3.63, 3.8) is 0 Å². The van der Waals surface area contributed by atoms with Gasteiger partial charge in [-0.05, 0) is 69.6 Å². The van der Waals surface area contributed by atoms with E-state index in [-0.39, 0.29) is 23.0 Å². The van der Waals surface area contributed by atoms with Gasteiger partial charge in [0.15, 0.2) is 0 Å². The molecule has 3 fully saturated rings. The van der Waals surface area contributed by atoms with Gasteiger partial charge < -0.3 is 21.4 Å². The molecule has 3 saturated carbocycles. The molecule has 3 aliphatic rings. The van der Waals surface area contributed by atoms with Crippen LogP contribution >= 0.6 is 15.9 Å². The van der Waals surface area contributed by atoms with Crippen molar-refractivity contribution in [2.75, 3.05) is 6.54 Å². The highest BCUT2D eigenvalue weighted by molar-refractivity contribution is 9.12. The number of aromatic nitrogens is 1. The highest BCUT2D eigenvalue weighted by Gasteiger charge is 2.56. The molecule has 0 unspecified atom stereocenters. The van der Waals surface area contributed by atoms with E-state index >= 15 is 0 Å². The molecule has 1 heterocycles. The van der Waals surface area contributed by atoms with Crippen LogP contribution in [0.3, 0.4) is 0 Å². The molecule has 0 saturated heterocycles. The van der Waals surface area contributed by atoms with Crippen LogP contribution in [0.2, 0.25) is 0 Å². The first-order chi connectivity index (χ1) is 14.2. The van der Waals surface area contributed by atoms with Gasteiger partial charge in [0.2, 0.25) is 5.91 Å². The zero-order valence-corrected chi connectivity index (χ0v) is 19.3. The number of rotatable bonds is 8. The van der Waals surface area contributed by atoms with Gasteiger partial charge in [0, 0.05) is 31.2 Å². The summed E-state index contributed by atoms with van der Waals surface area (Å²) in [5, 5.41) is 16.5. The zero-order chi connectivity index (χ0) is 21.9. The first kappa shape index (κ1) is 22.5. The van der Waals surface area contributed by atoms with E-state index in [9.17, 15) is 9.59 Å². The van der Waals surface area contributed by atoms with Crippen LogP contribution in [0.4, 0.5) is 0 Å². The largest absolute Gasteiger partial charge is 0.380 e. The number of nitrogens with zero attached hydrogens (tertiary/aromatic N) is 1. The van der Waals surface area contributed by atoms with E-state index in [1.54, 1.807) is 12.4 Å². The minimum absolute atomic E-state index is 0.136. The molecule has 4 rings (SSSR count). The van der Waals surface area contributed by atoms with Crippen LogP contribution in [-0.2, 0) is 16.1 Å². The molecule has 30 heavy (non-hydrogen) atoms. The summed E-state index contributed by atoms with van der Waals surface area (Å²) in [6.45, 7) is 7.18. The smallest absolute Gasteiger partial charge is 0.260 e. The maximum atomic E-state index is 12.5. The molecule has 3 aliphatic carbocycles. The van der Waals surface area contributed by atoms with Crippen molar-refractivity contribution in [1.29, 1.82) is 5.41 Å². The molecule has 162 valence electrons. The normalized spacial score (nSPS) is 27.2. The molecule has 7 nitrogen and oxygen atoms in total. The van der Waals surface area contributed by atoms with E-state index in [4.69, 9.17) is 5.41 Å². The number of carbonyl (C=O) groups excluding carboxylic acids is 2. The Hall–Kier alpha value is -2.22. The Morgan fingerprint density at radius 2 is 1.97 bits per heavy atom. The summed E-state index contributed by atoms with van der Waals surface area (Å²) in [5.41, 5.74) is 1.76. The summed E-state index contributed by atoms with van der Waals surface area (Å²) in [4.78, 5) is 28.4. The molecule has 1 aromatic rings. The Balaban J connectivity index is 1.51. The molecular weight excluding hydrogens is 446 g/mol. The van der Waals surface area contributed by atoms with Crippen LogP contribution in [0.5, 0.6) is 0 Å². The van der Waals surface area contributed by atoms with Gasteiger partial charge in [-0.2, -0.15) is 0 Å². The molecule has 0 aliphatic heterocycles. The minimum atomic E-state index is -0.422. The van der Waals surface area contributed by atoms with Crippen LogP contribution in [0.25, 0.3) is 0 Å². The van der Waals surface area contributed by atoms with Crippen molar-refractivity contribution in [3.8, 4) is 0 Å². The Labute approximate surface area is 186 Å². The lowest BCUT2D eigenvalue weighted by atomic mass is 9.45. The first-order valence-electron chi connectivity index (χ1n) is 10.3. The second-order valence-electron chi connectivity index (χ2n) is 8.89. The molecular formula is C22H30BrN5O2. The third-order valence-electron chi connectivity index (χ3n) is 6.92. The number of nitrogens with one attached hydrogen (secondary N) is 4. The monoisotopic (exact) mass is 475 g/mol. The van der Waals surface area contributed by atoms with Gasteiger partial charge in [-0.1, -0.05) is 20.8 Å². The van der Waals surface area contributed by atoms with Crippen molar-refractivity contribution >= 4 is 34.0 Å². The predicted octanol–water partition coefficient (Wildman–Crippen LogP) is 2.73. The fraction of sp³-hybridized carbons (Fsp3) is 0.545. The standard InChI is InChI=1S/C22H30BrN5O2/c1-13-16-8-15(22(16,2)3)9-17(13)28-18(10-24)20(23)21(30)27-12-19(29)26-11-14-4-6-25-7-5-14/h4-7,10,13,15-17,24,28H,8-9,11-12H2,1-3H3,(H,26,29)(H,27,30)/b20-18-,24-10?/t13-,15+,16-,17+/m1/s1. The Morgan fingerprint density at radius 1 is 1.27 bits per heavy atom. The summed E-state index contributed by atoms with van der Waals surface area (Å²) in [6, 6.07) is 3.87. The van der Waals surface area contributed by atoms with E-state index in [2.05, 4.69) is 57.6 Å². The van der Waals surface area contributed by atoms with Gasteiger partial charge >= 0.3 is 0 Å². The van der Waals surface area contributed by atoms with Gasteiger partial charge in [0.05, 0.1) is 12.2 Å². The number of carbonyl (C=O) groups is 2. The number of allylic oxidation sites excluding steroid dienone is 1. The molecule has 2 bridgehead atoms. The van der Waals surface area contributed by atoms with Crippen LogP contribution in [0, 0.1) is 28.6 Å². The Bertz CT molecular complexity index is 839. The fourth-order valence-electron chi connectivity index (χ4n) is 4.83. The van der Waals surface area contributed by atoms with Crippen molar-refractivity contribution in [3.05, 3.63) is 40.3 Å². The zero-order valence-electron chi connectivity index (χ0n) is 17.7. The quantitative estimate of drug-likeness (QED) is 0.342. The van der Waals surface area contributed by atoms with Gasteiger partial charge in [0.25, 0.3) is 5.91 Å². The lowest BCUT2D eigenvalue weighted by Crippen LogP contribution is -2.59. The molecule has 0 aromatic carbocycles. The maximum Gasteiger partial charge on any atom is 0.260 e. The van der Waals surface area contributed by atoms with Gasteiger partial charge in [-0.25, -0.2) is 0 Å². The van der Waals surface area contributed by atoms with E-state index in [1.807, 2.05) is 12.1 Å². The average molecular weight is 476 g/mol. The number of amides is 2. The van der Waals surface area contributed by atoms with Gasteiger partial charge in [-0.15, -0.1) is 0 Å². The van der Waals surface area contributed by atoms with E-state index < -0.39 is 5.91 Å². The van der Waals surface area contributed by atoms with Crippen LogP contribution in [-0.4, -0.2) is 35.6 Å². The summed E-state index contributed by atoms with van der Waals surface area (Å²) in [7, 11) is 0. The first-order valence-corrected chi connectivity index (χ1v) is 11.1. The lowest BCUT2D eigenvalue weighted by molar-refractivity contribution is -0.124. The second-order valence-corrected chi connectivity index (χ2v) is 9.69. The molecule has 0 spiro atoms. The molecule has 4 N–H and O–H groups in total. The topological polar surface area (TPSA) is 107 Å². The number of hydrogen-bond acceptors (Lipinski definition) is 5. The third kappa shape index (κ3) is 4.74. The van der Waals surface area contributed by atoms with Gasteiger partial charge in [-0.3, -0.25) is 14.6 Å². The number of pyridine rings is 1. The van der Waals surface area contributed by atoms with Crippen LogP contribution in [0.1, 0.15) is 39.2 Å². The van der Waals surface area contributed by atoms with E-state index in [0.29, 0.717) is 35.4 Å². The number of hydrogen-bond donors (Lipinski definition) is 4. The average Bonchev–Trinajstić information content (AvgIpc) is 2.75. The molecule has 2 amide bonds. The number of halogens is 1. The van der Waals surface area contributed by atoms with Crippen molar-refractivity contribution in [2.45, 2.75) is 46.2 Å². The summed E-state index contributed by atoms with van der Waals surface area (Å²) in [5.74, 6) is 1.11. The van der Waals surface area contributed by atoms with Crippen molar-refractivity contribution in [2.24, 2.45) is 23.2 Å². The fourth-order valence-corrected chi connectivity index (χ4v) is 5.20. The maximum absolute atomic E-state index is 12.5. The van der Waals surface area contributed by atoms with Crippen molar-refractivity contribution < 1.29 is 9.59 Å². The minimum Gasteiger partial charge on any atom is -0.380 e. The van der Waals surface area contributed by atoms with E-state index in [1.165, 1.54) is 6.42 Å². The summed E-state index contributed by atoms with van der Waals surface area (Å²) in [6.07, 6.45) is 6.79. The van der Waals surface area contributed by atoms with Crippen LogP contribution in [0.15, 0.2) is 34.7 Å². The molecule has 1 aromatic heterocycles. The Kier molecular flexibility index (Phi) is 6.95. The van der Waals surface area contributed by atoms with Crippen molar-refractivity contribution in [1.82, 2.24) is 20.9 Å². The SMILES string of the molecule is C[C@H]1[C@@H](N/C(C=N)=C(\Br)C(=O)NCC(=O)NCc2ccncc2)C[C@@H]2C[C@H]1C2(C)C. The highest BCUT2D eigenvalue weighted by Crippen LogP contribution is 2.61. The summed E-state index contributed by atoms with van der Waals surface area (Å²) < 4.78 is 0.241. The van der Waals surface area contributed by atoms with E-state index in [0.717, 1.165) is 18.2 Å². The summed E-state index contributed by atoms with van der Waals surface area (Å²) >= 11 is 3.31. The highest BCUT2D eigenvalue weighted by atomic mass is 79.9. The van der Waals surface area contributed by atoms with Crippen LogP contribution < -0.4 is 16.0 Å². The number of fused-ring (bicyclic) bond motifs is 2. The molecule has 4 atom stereocenters. The molecule has 8 heteroatoms. The third-order valence-corrected chi connectivity index (χ3v) is 7.71. The molecule has 0 radical (unpaired) electrons. The lowest BCUT2D eigenvalue weighted by Gasteiger charge is -2.62. The second kappa shape index (κ2) is 9.29. The van der Waals surface area contributed by atoms with Gasteiger partial charge in [0.1, 0.15) is 4.48 Å². The Morgan fingerprint density at radius 3 is 2.57 bits per heavy atom.